The van der Waals surface area contributed by atoms with Crippen molar-refractivity contribution in [3.63, 3.8) is 0 Å². The van der Waals surface area contributed by atoms with Crippen molar-refractivity contribution < 1.29 is 9.18 Å². The molecule has 14 heavy (non-hydrogen) atoms. The number of benzene rings is 1. The van der Waals surface area contributed by atoms with E-state index in [0.29, 0.717) is 12.8 Å². The second kappa shape index (κ2) is 4.89. The van der Waals surface area contributed by atoms with Crippen LogP contribution in [-0.4, -0.2) is 5.78 Å². The molecule has 1 rings (SSSR count). The largest absolute Gasteiger partial charge is 0.299 e. The molecule has 1 nitrogen and oxygen atoms in total. The van der Waals surface area contributed by atoms with E-state index in [0.717, 1.165) is 5.56 Å². The fourth-order valence-corrected chi connectivity index (χ4v) is 1.48. The van der Waals surface area contributed by atoms with Crippen LogP contribution in [0.15, 0.2) is 24.3 Å². The first-order valence-electron chi connectivity index (χ1n) is 4.90. The smallest absolute Gasteiger partial charge is 0.135 e. The summed E-state index contributed by atoms with van der Waals surface area (Å²) in [5, 5.41) is 0. The summed E-state index contributed by atoms with van der Waals surface area (Å²) in [7, 11) is 0. The van der Waals surface area contributed by atoms with Crippen LogP contribution in [0.2, 0.25) is 0 Å². The molecule has 0 heterocycles. The van der Waals surface area contributed by atoms with Crippen molar-refractivity contribution in [1.82, 2.24) is 0 Å². The molecular formula is C12H15FO. The Morgan fingerprint density at radius 1 is 1.50 bits per heavy atom. The zero-order valence-corrected chi connectivity index (χ0v) is 8.59. The summed E-state index contributed by atoms with van der Waals surface area (Å²) in [6.07, 6.45) is 1.18. The molecule has 1 aromatic carbocycles. The minimum atomic E-state index is -0.237. The number of carbonyl (C=O) groups excluding carboxylic acids is 1. The molecule has 0 saturated carbocycles. The van der Waals surface area contributed by atoms with Crippen LogP contribution in [-0.2, 0) is 11.2 Å². The second-order valence-electron chi connectivity index (χ2n) is 3.55. The normalized spacial score (nSPS) is 12.5. The molecule has 0 N–H and O–H groups in total. The lowest BCUT2D eigenvalue weighted by atomic mass is 9.96. The van der Waals surface area contributed by atoms with Crippen LogP contribution >= 0.6 is 0 Å². The highest BCUT2D eigenvalue weighted by Gasteiger charge is 2.11. The Morgan fingerprint density at radius 2 is 2.21 bits per heavy atom. The molecule has 1 aromatic rings. The first kappa shape index (κ1) is 10.9. The minimum Gasteiger partial charge on any atom is -0.299 e. The van der Waals surface area contributed by atoms with Crippen molar-refractivity contribution in [2.24, 2.45) is 5.92 Å². The zero-order chi connectivity index (χ0) is 10.6. The standard InChI is InChI=1S/C12H15FO/c1-3-12(14)9(2)7-10-5-4-6-11(13)8-10/h4-6,8-9H,3,7H2,1-2H3. The number of ketones is 1. The maximum Gasteiger partial charge on any atom is 0.135 e. The average Bonchev–Trinajstić information content (AvgIpc) is 2.16. The third kappa shape index (κ3) is 2.95. The van der Waals surface area contributed by atoms with E-state index < -0.39 is 0 Å². The molecule has 0 amide bonds. The SMILES string of the molecule is CCC(=O)C(C)Cc1cccc(F)c1. The van der Waals surface area contributed by atoms with Crippen LogP contribution in [0.4, 0.5) is 4.39 Å². The Morgan fingerprint density at radius 3 is 2.79 bits per heavy atom. The van der Waals surface area contributed by atoms with Crippen LogP contribution in [0.3, 0.4) is 0 Å². The van der Waals surface area contributed by atoms with Gasteiger partial charge in [0.1, 0.15) is 11.6 Å². The van der Waals surface area contributed by atoms with E-state index >= 15 is 0 Å². The first-order valence-corrected chi connectivity index (χ1v) is 4.90. The third-order valence-corrected chi connectivity index (χ3v) is 2.33. The first-order chi connectivity index (χ1) is 6.63. The molecule has 1 unspecified atom stereocenters. The average molecular weight is 194 g/mol. The van der Waals surface area contributed by atoms with Gasteiger partial charge < -0.3 is 0 Å². The molecular weight excluding hydrogens is 179 g/mol. The Labute approximate surface area is 83.9 Å². The van der Waals surface area contributed by atoms with Gasteiger partial charge >= 0.3 is 0 Å². The topological polar surface area (TPSA) is 17.1 Å². The van der Waals surface area contributed by atoms with Crippen molar-refractivity contribution in [3.05, 3.63) is 35.6 Å². The Kier molecular flexibility index (Phi) is 3.81. The lowest BCUT2D eigenvalue weighted by molar-refractivity contribution is -0.122. The zero-order valence-electron chi connectivity index (χ0n) is 8.59. The lowest BCUT2D eigenvalue weighted by Gasteiger charge is -2.08. The molecule has 0 aliphatic carbocycles. The summed E-state index contributed by atoms with van der Waals surface area (Å²) in [5.41, 5.74) is 0.888. The number of hydrogen-bond acceptors (Lipinski definition) is 1. The van der Waals surface area contributed by atoms with E-state index in [9.17, 15) is 9.18 Å². The molecule has 0 bridgehead atoms. The third-order valence-electron chi connectivity index (χ3n) is 2.33. The van der Waals surface area contributed by atoms with Gasteiger partial charge in [-0.2, -0.15) is 0 Å². The molecule has 0 aliphatic rings. The molecule has 0 fully saturated rings. The summed E-state index contributed by atoms with van der Waals surface area (Å²) >= 11 is 0. The van der Waals surface area contributed by atoms with Crippen LogP contribution in [0, 0.1) is 11.7 Å². The highest BCUT2D eigenvalue weighted by atomic mass is 19.1. The fourth-order valence-electron chi connectivity index (χ4n) is 1.48. The van der Waals surface area contributed by atoms with Gasteiger partial charge in [0.15, 0.2) is 0 Å². The van der Waals surface area contributed by atoms with Crippen LogP contribution in [0.5, 0.6) is 0 Å². The van der Waals surface area contributed by atoms with Gasteiger partial charge in [-0.15, -0.1) is 0 Å². The molecule has 0 aliphatic heterocycles. The molecule has 1 atom stereocenters. The van der Waals surface area contributed by atoms with Crippen molar-refractivity contribution in [2.45, 2.75) is 26.7 Å². The predicted molar refractivity (Wildman–Crippen MR) is 54.6 cm³/mol. The maximum absolute atomic E-state index is 12.8. The van der Waals surface area contributed by atoms with Gasteiger partial charge in [0, 0.05) is 12.3 Å². The lowest BCUT2D eigenvalue weighted by Crippen LogP contribution is -2.12. The van der Waals surface area contributed by atoms with Crippen LogP contribution in [0.25, 0.3) is 0 Å². The Hall–Kier alpha value is -1.18. The van der Waals surface area contributed by atoms with Gasteiger partial charge in [-0.05, 0) is 24.1 Å². The van der Waals surface area contributed by atoms with Gasteiger partial charge in [-0.25, -0.2) is 4.39 Å². The van der Waals surface area contributed by atoms with Crippen LogP contribution in [0.1, 0.15) is 25.8 Å². The van der Waals surface area contributed by atoms with E-state index in [2.05, 4.69) is 0 Å². The quantitative estimate of drug-likeness (QED) is 0.720. The molecule has 0 spiro atoms. The van der Waals surface area contributed by atoms with E-state index in [-0.39, 0.29) is 17.5 Å². The molecule has 0 radical (unpaired) electrons. The Bertz CT molecular complexity index is 320. The number of Topliss-reactive ketones (excluding diaryl/α,β-unsaturated/α-hetero) is 1. The highest BCUT2D eigenvalue weighted by Crippen LogP contribution is 2.11. The van der Waals surface area contributed by atoms with Crippen LogP contribution < -0.4 is 0 Å². The number of hydrogen-bond donors (Lipinski definition) is 0. The van der Waals surface area contributed by atoms with Crippen molar-refractivity contribution in [2.75, 3.05) is 0 Å². The molecule has 76 valence electrons. The summed E-state index contributed by atoms with van der Waals surface area (Å²) < 4.78 is 12.8. The fraction of sp³-hybridized carbons (Fsp3) is 0.417. The van der Waals surface area contributed by atoms with Gasteiger partial charge in [-0.3, -0.25) is 4.79 Å². The van der Waals surface area contributed by atoms with Gasteiger partial charge in [0.2, 0.25) is 0 Å². The molecule has 0 aromatic heterocycles. The monoisotopic (exact) mass is 194 g/mol. The van der Waals surface area contributed by atoms with Gasteiger partial charge in [0.25, 0.3) is 0 Å². The van der Waals surface area contributed by atoms with E-state index in [1.54, 1.807) is 6.07 Å². The van der Waals surface area contributed by atoms with Gasteiger partial charge in [0.05, 0.1) is 0 Å². The second-order valence-corrected chi connectivity index (χ2v) is 3.55. The van der Waals surface area contributed by atoms with Gasteiger partial charge in [-0.1, -0.05) is 26.0 Å². The number of rotatable bonds is 4. The predicted octanol–water partition coefficient (Wildman–Crippen LogP) is 2.98. The summed E-state index contributed by atoms with van der Waals surface area (Å²) in [4.78, 5) is 11.3. The van der Waals surface area contributed by atoms with Crippen molar-refractivity contribution in [1.29, 1.82) is 0 Å². The summed E-state index contributed by atoms with van der Waals surface area (Å²) in [6, 6.07) is 6.42. The number of carbonyl (C=O) groups is 1. The molecule has 0 saturated heterocycles. The Balaban J connectivity index is 2.64. The summed E-state index contributed by atoms with van der Waals surface area (Å²) in [5.74, 6) is -0.0188. The van der Waals surface area contributed by atoms with E-state index in [4.69, 9.17) is 0 Å². The van der Waals surface area contributed by atoms with E-state index in [1.165, 1.54) is 12.1 Å². The number of halogens is 1. The molecule has 2 heteroatoms. The minimum absolute atomic E-state index is 0.0122. The highest BCUT2D eigenvalue weighted by molar-refractivity contribution is 5.80. The van der Waals surface area contributed by atoms with Crippen molar-refractivity contribution in [3.8, 4) is 0 Å². The maximum atomic E-state index is 12.8. The summed E-state index contributed by atoms with van der Waals surface area (Å²) in [6.45, 7) is 3.74. The van der Waals surface area contributed by atoms with Crippen molar-refractivity contribution >= 4 is 5.78 Å². The van der Waals surface area contributed by atoms with E-state index in [1.807, 2.05) is 19.9 Å².